The standard InChI is InChI=1S/C6H16N2O3S/c1-2-8(12(9,10)11)6-4-3-5-7/h2-7H2,1H3,(H,9,10,11). The first kappa shape index (κ1) is 11.8. The van der Waals surface area contributed by atoms with Crippen molar-refractivity contribution in [1.82, 2.24) is 4.31 Å². The number of unbranched alkanes of at least 4 members (excludes halogenated alkanes) is 1. The first-order chi connectivity index (χ1) is 5.52. The molecule has 0 aromatic rings. The molecule has 0 atom stereocenters. The van der Waals surface area contributed by atoms with Gasteiger partial charge in [0.2, 0.25) is 0 Å². The maximum Gasteiger partial charge on any atom is 0.335 e. The molecule has 0 bridgehead atoms. The Morgan fingerprint density at radius 2 is 2.00 bits per heavy atom. The third-order valence-corrected chi connectivity index (χ3v) is 2.63. The van der Waals surface area contributed by atoms with Crippen LogP contribution in [0.5, 0.6) is 0 Å². The minimum Gasteiger partial charge on any atom is -0.330 e. The van der Waals surface area contributed by atoms with Gasteiger partial charge >= 0.3 is 10.3 Å². The van der Waals surface area contributed by atoms with E-state index in [-0.39, 0.29) is 0 Å². The van der Waals surface area contributed by atoms with Crippen LogP contribution < -0.4 is 5.73 Å². The van der Waals surface area contributed by atoms with E-state index in [1.165, 1.54) is 0 Å². The van der Waals surface area contributed by atoms with Crippen LogP contribution in [-0.2, 0) is 10.3 Å². The molecule has 0 aliphatic rings. The number of hydrogen-bond donors (Lipinski definition) is 2. The molecule has 0 fully saturated rings. The first-order valence-corrected chi connectivity index (χ1v) is 5.34. The van der Waals surface area contributed by atoms with Gasteiger partial charge in [0.15, 0.2) is 0 Å². The average molecular weight is 196 g/mol. The molecular formula is C6H16N2O3S. The maximum absolute atomic E-state index is 10.6. The maximum atomic E-state index is 10.6. The number of nitrogens with two attached hydrogens (primary N) is 1. The molecule has 0 saturated carbocycles. The van der Waals surface area contributed by atoms with Crippen molar-refractivity contribution < 1.29 is 13.0 Å². The summed E-state index contributed by atoms with van der Waals surface area (Å²) in [5.74, 6) is 0. The highest BCUT2D eigenvalue weighted by atomic mass is 32.2. The van der Waals surface area contributed by atoms with Gasteiger partial charge in [-0.2, -0.15) is 12.7 Å². The largest absolute Gasteiger partial charge is 0.335 e. The Bertz CT molecular complexity index is 203. The molecule has 0 aromatic carbocycles. The Morgan fingerprint density at radius 1 is 1.42 bits per heavy atom. The summed E-state index contributed by atoms with van der Waals surface area (Å²) in [4.78, 5) is 0. The third kappa shape index (κ3) is 4.66. The van der Waals surface area contributed by atoms with Crippen LogP contribution in [0.3, 0.4) is 0 Å². The molecule has 0 aliphatic carbocycles. The van der Waals surface area contributed by atoms with Crippen LogP contribution in [0.2, 0.25) is 0 Å². The van der Waals surface area contributed by atoms with E-state index in [1.807, 2.05) is 0 Å². The van der Waals surface area contributed by atoms with E-state index in [0.29, 0.717) is 26.1 Å². The van der Waals surface area contributed by atoms with E-state index in [0.717, 1.165) is 10.7 Å². The van der Waals surface area contributed by atoms with Crippen molar-refractivity contribution in [3.05, 3.63) is 0 Å². The third-order valence-electron chi connectivity index (χ3n) is 1.54. The second kappa shape index (κ2) is 5.47. The van der Waals surface area contributed by atoms with Crippen molar-refractivity contribution in [2.24, 2.45) is 5.73 Å². The van der Waals surface area contributed by atoms with Gasteiger partial charge < -0.3 is 5.73 Å². The van der Waals surface area contributed by atoms with Crippen LogP contribution in [0.15, 0.2) is 0 Å². The molecule has 6 heteroatoms. The topological polar surface area (TPSA) is 83.6 Å². The summed E-state index contributed by atoms with van der Waals surface area (Å²) in [5.41, 5.74) is 5.23. The quantitative estimate of drug-likeness (QED) is 0.457. The van der Waals surface area contributed by atoms with E-state index in [2.05, 4.69) is 0 Å². The van der Waals surface area contributed by atoms with Crippen molar-refractivity contribution >= 4 is 10.3 Å². The average Bonchev–Trinajstić information content (AvgIpc) is 1.95. The van der Waals surface area contributed by atoms with Crippen LogP contribution in [-0.4, -0.2) is 36.9 Å². The summed E-state index contributed by atoms with van der Waals surface area (Å²) < 4.78 is 30.9. The Kier molecular flexibility index (Phi) is 5.39. The molecular weight excluding hydrogens is 180 g/mol. The summed E-state index contributed by atoms with van der Waals surface area (Å²) in [6.45, 7) is 2.86. The fourth-order valence-electron chi connectivity index (χ4n) is 0.869. The predicted molar refractivity (Wildman–Crippen MR) is 47.1 cm³/mol. The van der Waals surface area contributed by atoms with Crippen LogP contribution in [0.4, 0.5) is 0 Å². The van der Waals surface area contributed by atoms with E-state index < -0.39 is 10.3 Å². The smallest absolute Gasteiger partial charge is 0.330 e. The lowest BCUT2D eigenvalue weighted by molar-refractivity contribution is 0.355. The van der Waals surface area contributed by atoms with Crippen molar-refractivity contribution in [1.29, 1.82) is 0 Å². The fourth-order valence-corrected chi connectivity index (χ4v) is 1.56. The molecule has 0 aromatic heterocycles. The van der Waals surface area contributed by atoms with Crippen molar-refractivity contribution in [3.63, 3.8) is 0 Å². The number of rotatable bonds is 6. The second-order valence-corrected chi connectivity index (χ2v) is 3.88. The van der Waals surface area contributed by atoms with Gasteiger partial charge in [0, 0.05) is 13.1 Å². The second-order valence-electron chi connectivity index (χ2n) is 2.47. The normalized spacial score (nSPS) is 12.3. The van der Waals surface area contributed by atoms with Crippen molar-refractivity contribution in [2.75, 3.05) is 19.6 Å². The lowest BCUT2D eigenvalue weighted by Gasteiger charge is -2.15. The molecule has 0 unspecified atom stereocenters. The van der Waals surface area contributed by atoms with Gasteiger partial charge in [-0.1, -0.05) is 6.92 Å². The monoisotopic (exact) mass is 196 g/mol. The minimum atomic E-state index is -4.00. The van der Waals surface area contributed by atoms with E-state index >= 15 is 0 Å². The number of nitrogens with zero attached hydrogens (tertiary/aromatic N) is 1. The molecule has 12 heavy (non-hydrogen) atoms. The molecule has 0 saturated heterocycles. The molecule has 0 spiro atoms. The van der Waals surface area contributed by atoms with Crippen LogP contribution in [0.25, 0.3) is 0 Å². The lowest BCUT2D eigenvalue weighted by atomic mass is 10.3. The SMILES string of the molecule is CCN(CCCCN)S(=O)(=O)O. The van der Waals surface area contributed by atoms with Crippen molar-refractivity contribution in [2.45, 2.75) is 19.8 Å². The highest BCUT2D eigenvalue weighted by molar-refractivity contribution is 7.83. The summed E-state index contributed by atoms with van der Waals surface area (Å²) in [6, 6.07) is 0. The van der Waals surface area contributed by atoms with Crippen LogP contribution >= 0.6 is 0 Å². The van der Waals surface area contributed by atoms with Gasteiger partial charge in [0.1, 0.15) is 0 Å². The van der Waals surface area contributed by atoms with Gasteiger partial charge in [-0.15, -0.1) is 0 Å². The zero-order valence-electron chi connectivity index (χ0n) is 7.23. The van der Waals surface area contributed by atoms with Crippen LogP contribution in [0.1, 0.15) is 19.8 Å². The Balaban J connectivity index is 3.85. The lowest BCUT2D eigenvalue weighted by Crippen LogP contribution is -2.31. The van der Waals surface area contributed by atoms with E-state index in [9.17, 15) is 8.42 Å². The first-order valence-electron chi connectivity index (χ1n) is 3.95. The summed E-state index contributed by atoms with van der Waals surface area (Å²) in [5, 5.41) is 0. The predicted octanol–water partition coefficient (Wildman–Crippen LogP) is -0.150. The van der Waals surface area contributed by atoms with E-state index in [1.54, 1.807) is 6.92 Å². The van der Waals surface area contributed by atoms with Gasteiger partial charge in [-0.3, -0.25) is 4.55 Å². The molecule has 0 aliphatic heterocycles. The zero-order valence-corrected chi connectivity index (χ0v) is 8.05. The molecule has 0 radical (unpaired) electrons. The molecule has 3 N–H and O–H groups in total. The molecule has 5 nitrogen and oxygen atoms in total. The summed E-state index contributed by atoms with van der Waals surface area (Å²) >= 11 is 0. The van der Waals surface area contributed by atoms with E-state index in [4.69, 9.17) is 10.3 Å². The van der Waals surface area contributed by atoms with Gasteiger partial charge in [-0.05, 0) is 19.4 Å². The molecule has 74 valence electrons. The zero-order chi connectivity index (χ0) is 9.61. The highest BCUT2D eigenvalue weighted by Crippen LogP contribution is 1.99. The van der Waals surface area contributed by atoms with Gasteiger partial charge in [0.25, 0.3) is 0 Å². The summed E-state index contributed by atoms with van der Waals surface area (Å²) in [6.07, 6.45) is 1.45. The van der Waals surface area contributed by atoms with Crippen LogP contribution in [0, 0.1) is 0 Å². The highest BCUT2D eigenvalue weighted by Gasteiger charge is 2.14. The summed E-state index contributed by atoms with van der Waals surface area (Å²) in [7, 11) is -4.00. The molecule has 0 amide bonds. The van der Waals surface area contributed by atoms with Gasteiger partial charge in [0.05, 0.1) is 0 Å². The van der Waals surface area contributed by atoms with Gasteiger partial charge in [-0.25, -0.2) is 0 Å². The Labute approximate surface area is 73.4 Å². The minimum absolute atomic E-state index is 0.295. The Morgan fingerprint density at radius 3 is 2.33 bits per heavy atom. The number of hydrogen-bond acceptors (Lipinski definition) is 3. The fraction of sp³-hybridized carbons (Fsp3) is 1.00. The molecule has 0 heterocycles. The Hall–Kier alpha value is -0.170. The van der Waals surface area contributed by atoms with Crippen molar-refractivity contribution in [3.8, 4) is 0 Å². The molecule has 0 rings (SSSR count).